The molecule has 8 heteroatoms. The van der Waals surface area contributed by atoms with Gasteiger partial charge in [-0.15, -0.1) is 0 Å². The summed E-state index contributed by atoms with van der Waals surface area (Å²) in [6.45, 7) is -0.390. The summed E-state index contributed by atoms with van der Waals surface area (Å²) < 4.78 is 29.0. The number of benzene rings is 1. The number of hydrogen-bond donors (Lipinski definition) is 0. The maximum Gasteiger partial charge on any atom is 0.338 e. The van der Waals surface area contributed by atoms with Gasteiger partial charge in [-0.1, -0.05) is 36.9 Å². The molecule has 0 N–H and O–H groups in total. The number of sulfone groups is 1. The summed E-state index contributed by atoms with van der Waals surface area (Å²) in [6.07, 6.45) is 5.36. The highest BCUT2D eigenvalue weighted by Crippen LogP contribution is 2.28. The molecule has 3 rings (SSSR count). The number of carbonyl (C=O) groups excluding carboxylic acids is 2. The van der Waals surface area contributed by atoms with Crippen molar-refractivity contribution in [2.45, 2.75) is 50.6 Å². The van der Waals surface area contributed by atoms with Gasteiger partial charge in [0.1, 0.15) is 0 Å². The highest BCUT2D eigenvalue weighted by Gasteiger charge is 2.38. The Balaban J connectivity index is 1.68. The number of esters is 1. The Bertz CT molecular complexity index is 804. The normalized spacial score (nSPS) is 22.3. The molecule has 1 aliphatic heterocycles. The van der Waals surface area contributed by atoms with Crippen molar-refractivity contribution in [3.05, 3.63) is 34.9 Å². The van der Waals surface area contributed by atoms with E-state index in [1.54, 1.807) is 23.1 Å². The molecule has 1 aromatic rings. The molecular formula is C19H24ClNO5S. The molecule has 148 valence electrons. The average Bonchev–Trinajstić information content (AvgIpc) is 3.00. The number of ether oxygens (including phenoxy) is 1. The molecule has 1 aliphatic carbocycles. The van der Waals surface area contributed by atoms with Gasteiger partial charge in [0.15, 0.2) is 16.4 Å². The van der Waals surface area contributed by atoms with Gasteiger partial charge in [0.25, 0.3) is 5.91 Å². The SMILES string of the molecule is O=C(OCC(=O)N(C1CCCCC1)[C@@H]1CCS(=O)(=O)C1)c1cccc(Cl)c1. The molecule has 1 aromatic carbocycles. The molecule has 0 bridgehead atoms. The van der Waals surface area contributed by atoms with E-state index >= 15 is 0 Å². The highest BCUT2D eigenvalue weighted by atomic mass is 35.5. The van der Waals surface area contributed by atoms with Crippen LogP contribution >= 0.6 is 11.6 Å². The van der Waals surface area contributed by atoms with Gasteiger partial charge >= 0.3 is 5.97 Å². The Morgan fingerprint density at radius 1 is 1.11 bits per heavy atom. The second-order valence-corrected chi connectivity index (χ2v) is 9.90. The zero-order valence-corrected chi connectivity index (χ0v) is 16.7. The van der Waals surface area contributed by atoms with Gasteiger partial charge in [-0.2, -0.15) is 0 Å². The van der Waals surface area contributed by atoms with E-state index in [0.717, 1.165) is 32.1 Å². The molecule has 1 amide bonds. The van der Waals surface area contributed by atoms with Crippen molar-refractivity contribution in [2.24, 2.45) is 0 Å². The predicted octanol–water partition coefficient (Wildman–Crippen LogP) is 2.85. The van der Waals surface area contributed by atoms with Crippen LogP contribution in [0.25, 0.3) is 0 Å². The molecule has 1 heterocycles. The Kier molecular flexibility index (Phi) is 6.42. The number of hydrogen-bond acceptors (Lipinski definition) is 5. The van der Waals surface area contributed by atoms with Gasteiger partial charge in [-0.05, 0) is 37.5 Å². The van der Waals surface area contributed by atoms with Gasteiger partial charge in [0.05, 0.1) is 17.1 Å². The van der Waals surface area contributed by atoms with Crippen LogP contribution in [-0.4, -0.2) is 55.4 Å². The first-order valence-corrected chi connectivity index (χ1v) is 11.5. The lowest BCUT2D eigenvalue weighted by molar-refractivity contribution is -0.140. The van der Waals surface area contributed by atoms with Crippen molar-refractivity contribution in [1.82, 2.24) is 4.90 Å². The van der Waals surface area contributed by atoms with E-state index in [2.05, 4.69) is 0 Å². The lowest BCUT2D eigenvalue weighted by Gasteiger charge is -2.38. The monoisotopic (exact) mass is 413 g/mol. The van der Waals surface area contributed by atoms with Crippen molar-refractivity contribution in [1.29, 1.82) is 0 Å². The summed E-state index contributed by atoms with van der Waals surface area (Å²) >= 11 is 5.88. The molecule has 0 radical (unpaired) electrons. The predicted molar refractivity (Wildman–Crippen MR) is 103 cm³/mol. The van der Waals surface area contributed by atoms with Gasteiger partial charge in [0.2, 0.25) is 0 Å². The topological polar surface area (TPSA) is 80.8 Å². The van der Waals surface area contributed by atoms with Gasteiger partial charge < -0.3 is 9.64 Å². The van der Waals surface area contributed by atoms with Crippen molar-refractivity contribution >= 4 is 33.3 Å². The number of rotatable bonds is 5. The third-order valence-electron chi connectivity index (χ3n) is 5.24. The minimum atomic E-state index is -3.11. The largest absolute Gasteiger partial charge is 0.452 e. The Morgan fingerprint density at radius 3 is 2.48 bits per heavy atom. The zero-order valence-electron chi connectivity index (χ0n) is 15.1. The van der Waals surface area contributed by atoms with E-state index in [9.17, 15) is 18.0 Å². The molecular weight excluding hydrogens is 390 g/mol. The lowest BCUT2D eigenvalue weighted by atomic mass is 9.93. The second-order valence-electron chi connectivity index (χ2n) is 7.24. The second kappa shape index (κ2) is 8.61. The van der Waals surface area contributed by atoms with Crippen LogP contribution in [-0.2, 0) is 19.4 Å². The van der Waals surface area contributed by atoms with E-state index in [0.29, 0.717) is 11.4 Å². The van der Waals surface area contributed by atoms with Gasteiger partial charge in [-0.3, -0.25) is 4.79 Å². The Labute approximate surface area is 164 Å². The van der Waals surface area contributed by atoms with Crippen LogP contribution in [0.4, 0.5) is 0 Å². The fourth-order valence-electron chi connectivity index (χ4n) is 3.96. The van der Waals surface area contributed by atoms with E-state index in [1.165, 1.54) is 6.07 Å². The molecule has 0 spiro atoms. The molecule has 0 aromatic heterocycles. The van der Waals surface area contributed by atoms with Crippen LogP contribution in [0.3, 0.4) is 0 Å². The van der Waals surface area contributed by atoms with Crippen LogP contribution in [0.15, 0.2) is 24.3 Å². The quantitative estimate of drug-likeness (QED) is 0.693. The van der Waals surface area contributed by atoms with Crippen molar-refractivity contribution in [2.75, 3.05) is 18.1 Å². The number of nitrogens with zero attached hydrogens (tertiary/aromatic N) is 1. The van der Waals surface area contributed by atoms with Crippen LogP contribution in [0.2, 0.25) is 5.02 Å². The number of carbonyl (C=O) groups is 2. The first-order valence-electron chi connectivity index (χ1n) is 9.30. The summed E-state index contributed by atoms with van der Waals surface area (Å²) in [4.78, 5) is 26.7. The van der Waals surface area contributed by atoms with E-state index < -0.39 is 22.4 Å². The molecule has 27 heavy (non-hydrogen) atoms. The molecule has 2 fully saturated rings. The maximum atomic E-state index is 12.9. The third kappa shape index (κ3) is 5.23. The van der Waals surface area contributed by atoms with Crippen molar-refractivity contribution < 1.29 is 22.7 Å². The average molecular weight is 414 g/mol. The van der Waals surface area contributed by atoms with Gasteiger partial charge in [-0.25, -0.2) is 13.2 Å². The molecule has 1 saturated heterocycles. The Morgan fingerprint density at radius 2 is 1.85 bits per heavy atom. The summed E-state index contributed by atoms with van der Waals surface area (Å²) in [7, 11) is -3.11. The minimum absolute atomic E-state index is 0.00250. The summed E-state index contributed by atoms with van der Waals surface area (Å²) in [6, 6.07) is 6.04. The summed E-state index contributed by atoms with van der Waals surface area (Å²) in [5.41, 5.74) is 0.281. The molecule has 2 aliphatic rings. The molecule has 1 atom stereocenters. The van der Waals surface area contributed by atoms with Crippen molar-refractivity contribution in [3.63, 3.8) is 0 Å². The minimum Gasteiger partial charge on any atom is -0.452 e. The van der Waals surface area contributed by atoms with E-state index in [4.69, 9.17) is 16.3 Å². The number of halogens is 1. The highest BCUT2D eigenvalue weighted by molar-refractivity contribution is 7.91. The lowest BCUT2D eigenvalue weighted by Crippen LogP contribution is -2.50. The van der Waals surface area contributed by atoms with E-state index in [1.807, 2.05) is 0 Å². The molecule has 6 nitrogen and oxygen atoms in total. The fourth-order valence-corrected chi connectivity index (χ4v) is 5.86. The number of amides is 1. The first-order chi connectivity index (χ1) is 12.9. The summed E-state index contributed by atoms with van der Waals surface area (Å²) in [5.74, 6) is -0.832. The standard InChI is InChI=1S/C19H24ClNO5S/c20-15-6-4-5-14(11-15)19(23)26-12-18(22)21(16-7-2-1-3-8-16)17-9-10-27(24,25)13-17/h4-6,11,16-17H,1-3,7-10,12-13H2/t17-/m1/s1. The summed E-state index contributed by atoms with van der Waals surface area (Å²) in [5, 5.41) is 0.413. The van der Waals surface area contributed by atoms with Crippen LogP contribution in [0.5, 0.6) is 0 Å². The van der Waals surface area contributed by atoms with Crippen molar-refractivity contribution in [3.8, 4) is 0 Å². The smallest absolute Gasteiger partial charge is 0.338 e. The fraction of sp³-hybridized carbons (Fsp3) is 0.579. The molecule has 0 unspecified atom stereocenters. The van der Waals surface area contributed by atoms with E-state index in [-0.39, 0.29) is 35.1 Å². The maximum absolute atomic E-state index is 12.9. The van der Waals surface area contributed by atoms with Crippen LogP contribution in [0.1, 0.15) is 48.9 Å². The first kappa shape index (κ1) is 20.1. The zero-order chi connectivity index (χ0) is 19.4. The van der Waals surface area contributed by atoms with Crippen LogP contribution < -0.4 is 0 Å². The Hall–Kier alpha value is -1.60. The van der Waals surface area contributed by atoms with Gasteiger partial charge in [0, 0.05) is 17.1 Å². The van der Waals surface area contributed by atoms with Crippen LogP contribution in [0, 0.1) is 0 Å². The third-order valence-corrected chi connectivity index (χ3v) is 7.23. The molecule has 1 saturated carbocycles.